The smallest absolute Gasteiger partial charge is 0.264 e. The van der Waals surface area contributed by atoms with Crippen LogP contribution >= 0.6 is 11.6 Å². The van der Waals surface area contributed by atoms with Gasteiger partial charge in [0.05, 0.1) is 34.1 Å². The summed E-state index contributed by atoms with van der Waals surface area (Å²) in [5.74, 6) is 0.196. The molecule has 3 aromatic carbocycles. The summed E-state index contributed by atoms with van der Waals surface area (Å²) in [6, 6.07) is 22.5. The van der Waals surface area contributed by atoms with Gasteiger partial charge < -0.3 is 14.5 Å². The number of hydrogen-bond acceptors (Lipinski definition) is 12. The number of carbonyl (C=O) groups is 4. The van der Waals surface area contributed by atoms with Crippen molar-refractivity contribution in [3.8, 4) is 11.8 Å². The van der Waals surface area contributed by atoms with E-state index >= 15 is 0 Å². The second-order valence-electron chi connectivity index (χ2n) is 17.9. The number of amides is 4. The second kappa shape index (κ2) is 17.7. The lowest BCUT2D eigenvalue weighted by Gasteiger charge is -2.41. The van der Waals surface area contributed by atoms with Crippen LogP contribution < -0.4 is 19.9 Å². The zero-order chi connectivity index (χ0) is 43.8. The number of ether oxygens (including phenoxy) is 1. The number of piperidine rings is 2. The summed E-state index contributed by atoms with van der Waals surface area (Å²) in [5.41, 5.74) is 4.49. The number of nitrogens with zero attached hydrogens (tertiary/aromatic N) is 8. The molecule has 4 fully saturated rings. The standard InChI is InChI=1S/C48H52ClN9O5/c1-48(2,34-24-32(27-50)25-35(49)26-34)33-6-8-38(9-7-33)63-30-36-12-16-51-47(52-36)57-19-15-37(29-57)55-17-13-31(14-18-55)28-54-20-22-56(23-21-54)40-5-3-4-39-43(40)46(62)58(45(39)61)41-10-11-42(59)53-44(41)60/h3-9,12,16,24-26,31,37,41H,10-11,13-15,17-23,28-30H2,1-2H3,(H,53,59,60). The van der Waals surface area contributed by atoms with Crippen molar-refractivity contribution < 1.29 is 23.9 Å². The monoisotopic (exact) mass is 869 g/mol. The van der Waals surface area contributed by atoms with Crippen LogP contribution in [0.25, 0.3) is 0 Å². The van der Waals surface area contributed by atoms with E-state index in [-0.39, 0.29) is 24.2 Å². The summed E-state index contributed by atoms with van der Waals surface area (Å²) < 4.78 is 6.17. The molecule has 9 rings (SSSR count). The largest absolute Gasteiger partial charge is 0.487 e. The Labute approximate surface area is 372 Å². The molecule has 2 atom stereocenters. The molecule has 326 valence electrons. The second-order valence-corrected chi connectivity index (χ2v) is 18.4. The van der Waals surface area contributed by atoms with E-state index in [4.69, 9.17) is 21.3 Å². The van der Waals surface area contributed by atoms with E-state index in [2.05, 4.69) is 61.9 Å². The fourth-order valence-electron chi connectivity index (χ4n) is 9.94. The first-order valence-electron chi connectivity index (χ1n) is 22.0. The van der Waals surface area contributed by atoms with Gasteiger partial charge in [-0.25, -0.2) is 9.97 Å². The fraction of sp³-hybridized carbons (Fsp3) is 0.438. The minimum atomic E-state index is -0.975. The van der Waals surface area contributed by atoms with Crippen molar-refractivity contribution in [2.45, 2.75) is 70.1 Å². The van der Waals surface area contributed by atoms with Crippen molar-refractivity contribution in [2.75, 3.05) is 68.7 Å². The SMILES string of the molecule is CC(C)(c1ccc(OCc2ccnc(N3CCC(N4CCC(CN5CCN(c6cccc7c6C(=O)N(C6CCC(=O)NC6=O)C7=O)CC5)CC4)C3)n2)cc1)c1cc(Cl)cc(C#N)c1. The van der Waals surface area contributed by atoms with Crippen LogP contribution in [0.15, 0.2) is 72.9 Å². The average molecular weight is 870 g/mol. The van der Waals surface area contributed by atoms with Crippen LogP contribution in [-0.4, -0.2) is 119 Å². The van der Waals surface area contributed by atoms with E-state index in [1.807, 2.05) is 42.6 Å². The number of likely N-dealkylation sites (tertiary alicyclic amines) is 1. The Kier molecular flexibility index (Phi) is 11.9. The van der Waals surface area contributed by atoms with Crippen molar-refractivity contribution in [1.29, 1.82) is 5.26 Å². The molecular formula is C48H52ClN9O5. The van der Waals surface area contributed by atoms with Crippen LogP contribution in [0.1, 0.15) is 89.1 Å². The zero-order valence-electron chi connectivity index (χ0n) is 35.8. The highest BCUT2D eigenvalue weighted by atomic mass is 35.5. The van der Waals surface area contributed by atoms with Crippen LogP contribution in [-0.2, 0) is 21.6 Å². The Bertz CT molecular complexity index is 2460. The van der Waals surface area contributed by atoms with Gasteiger partial charge in [-0.05, 0) is 104 Å². The molecule has 4 saturated heterocycles. The third kappa shape index (κ3) is 8.74. The topological polar surface area (TPSA) is 155 Å². The molecule has 1 aromatic heterocycles. The Morgan fingerprint density at radius 1 is 0.857 bits per heavy atom. The first kappa shape index (κ1) is 42.4. The highest BCUT2D eigenvalue weighted by Gasteiger charge is 2.46. The summed E-state index contributed by atoms with van der Waals surface area (Å²) >= 11 is 6.31. The van der Waals surface area contributed by atoms with Gasteiger partial charge in [0.1, 0.15) is 18.4 Å². The quantitative estimate of drug-likeness (QED) is 0.192. The molecule has 4 aromatic rings. The molecule has 0 radical (unpaired) electrons. The summed E-state index contributed by atoms with van der Waals surface area (Å²) in [6.45, 7) is 12.8. The molecule has 4 amide bonds. The van der Waals surface area contributed by atoms with Gasteiger partial charge in [-0.15, -0.1) is 0 Å². The van der Waals surface area contributed by atoms with E-state index in [1.54, 1.807) is 18.2 Å². The number of piperazine rings is 1. The van der Waals surface area contributed by atoms with Gasteiger partial charge in [-0.1, -0.05) is 43.6 Å². The third-order valence-electron chi connectivity index (χ3n) is 13.7. The van der Waals surface area contributed by atoms with Crippen molar-refractivity contribution in [2.24, 2.45) is 5.92 Å². The van der Waals surface area contributed by atoms with Crippen LogP contribution in [0.5, 0.6) is 5.75 Å². The highest BCUT2D eigenvalue weighted by Crippen LogP contribution is 2.37. The Balaban J connectivity index is 0.724. The van der Waals surface area contributed by atoms with E-state index in [0.29, 0.717) is 40.3 Å². The van der Waals surface area contributed by atoms with Crippen LogP contribution in [0.2, 0.25) is 5.02 Å². The number of anilines is 2. The summed E-state index contributed by atoms with van der Waals surface area (Å²) in [5, 5.41) is 12.3. The number of imide groups is 2. The Morgan fingerprint density at radius 2 is 1.63 bits per heavy atom. The zero-order valence-corrected chi connectivity index (χ0v) is 36.5. The van der Waals surface area contributed by atoms with Crippen LogP contribution in [0, 0.1) is 17.2 Å². The molecule has 1 N–H and O–H groups in total. The van der Waals surface area contributed by atoms with Gasteiger partial charge in [0.2, 0.25) is 17.8 Å². The number of hydrogen-bond donors (Lipinski definition) is 1. The lowest BCUT2D eigenvalue weighted by atomic mass is 9.78. The average Bonchev–Trinajstić information content (AvgIpc) is 3.89. The minimum Gasteiger partial charge on any atom is -0.487 e. The van der Waals surface area contributed by atoms with Crippen LogP contribution in [0.4, 0.5) is 11.6 Å². The van der Waals surface area contributed by atoms with E-state index in [1.165, 1.54) is 0 Å². The molecular weight excluding hydrogens is 818 g/mol. The van der Waals surface area contributed by atoms with Crippen LogP contribution in [0.3, 0.4) is 0 Å². The summed E-state index contributed by atoms with van der Waals surface area (Å²) in [4.78, 5) is 71.6. The van der Waals surface area contributed by atoms with Crippen molar-refractivity contribution in [3.05, 3.63) is 111 Å². The number of halogens is 1. The first-order valence-corrected chi connectivity index (χ1v) is 22.4. The number of carbonyl (C=O) groups excluding carboxylic acids is 4. The van der Waals surface area contributed by atoms with Gasteiger partial charge in [-0.3, -0.25) is 39.2 Å². The highest BCUT2D eigenvalue weighted by molar-refractivity contribution is 6.30. The van der Waals surface area contributed by atoms with Gasteiger partial charge >= 0.3 is 0 Å². The van der Waals surface area contributed by atoms with E-state index in [9.17, 15) is 24.4 Å². The third-order valence-corrected chi connectivity index (χ3v) is 13.9. The lowest BCUT2D eigenvalue weighted by Crippen LogP contribution is -2.54. The van der Waals surface area contributed by atoms with E-state index in [0.717, 1.165) is 117 Å². The molecule has 15 heteroatoms. The number of rotatable bonds is 11. The molecule has 5 aliphatic rings. The van der Waals surface area contributed by atoms with Gasteiger partial charge in [-0.2, -0.15) is 5.26 Å². The first-order chi connectivity index (χ1) is 30.4. The molecule has 0 bridgehead atoms. The summed E-state index contributed by atoms with van der Waals surface area (Å²) in [7, 11) is 0. The molecule has 6 heterocycles. The predicted octanol–water partition coefficient (Wildman–Crippen LogP) is 5.42. The lowest BCUT2D eigenvalue weighted by molar-refractivity contribution is -0.136. The number of benzene rings is 3. The Hall–Kier alpha value is -5.88. The summed E-state index contributed by atoms with van der Waals surface area (Å²) in [6.07, 6.45) is 5.44. The fourth-order valence-corrected chi connectivity index (χ4v) is 10.2. The molecule has 0 saturated carbocycles. The van der Waals surface area contributed by atoms with Gasteiger partial charge in [0, 0.05) is 74.9 Å². The number of fused-ring (bicyclic) bond motifs is 1. The number of nitriles is 1. The molecule has 14 nitrogen and oxygen atoms in total. The molecule has 5 aliphatic heterocycles. The predicted molar refractivity (Wildman–Crippen MR) is 238 cm³/mol. The van der Waals surface area contributed by atoms with Gasteiger partial charge in [0.25, 0.3) is 11.8 Å². The number of aromatic nitrogens is 2. The number of nitrogens with one attached hydrogen (secondary N) is 1. The normalized spacial score (nSPS) is 21.5. The maximum atomic E-state index is 13.7. The minimum absolute atomic E-state index is 0.0955. The molecule has 63 heavy (non-hydrogen) atoms. The van der Waals surface area contributed by atoms with E-state index < -0.39 is 23.8 Å². The molecule has 0 spiro atoms. The van der Waals surface area contributed by atoms with Crippen molar-refractivity contribution in [1.82, 2.24) is 30.0 Å². The van der Waals surface area contributed by atoms with Crippen molar-refractivity contribution in [3.63, 3.8) is 0 Å². The molecule has 0 aliphatic carbocycles. The van der Waals surface area contributed by atoms with Gasteiger partial charge in [0.15, 0.2) is 0 Å². The Morgan fingerprint density at radius 3 is 2.38 bits per heavy atom. The molecule has 2 unspecified atom stereocenters. The maximum absolute atomic E-state index is 13.7. The maximum Gasteiger partial charge on any atom is 0.264 e. The van der Waals surface area contributed by atoms with Crippen molar-refractivity contribution >= 4 is 46.9 Å².